The average Bonchev–Trinajstić information content (AvgIpc) is 3.35. The SMILES string of the molecule is COc1cc(Cl)ccc1-c1cc(NC(=O)OCc2ccc3c(cnn3C)c2)n(C(C)C)n1. The number of benzene rings is 2. The molecule has 2 heterocycles. The fourth-order valence-corrected chi connectivity index (χ4v) is 3.64. The number of fused-ring (bicyclic) bond motifs is 1. The Kier molecular flexibility index (Phi) is 6.05. The summed E-state index contributed by atoms with van der Waals surface area (Å²) in [6.45, 7) is 4.11. The molecule has 4 rings (SSSR count). The number of halogens is 1. The molecular formula is C23H24ClN5O3. The van der Waals surface area contributed by atoms with Crippen LogP contribution in [0.1, 0.15) is 25.5 Å². The number of amides is 1. The molecule has 166 valence electrons. The lowest BCUT2D eigenvalue weighted by atomic mass is 10.1. The molecular weight excluding hydrogens is 430 g/mol. The van der Waals surface area contributed by atoms with Gasteiger partial charge in [0.05, 0.1) is 24.5 Å². The molecule has 0 aliphatic rings. The van der Waals surface area contributed by atoms with E-state index < -0.39 is 6.09 Å². The second-order valence-electron chi connectivity index (χ2n) is 7.66. The number of aromatic nitrogens is 4. The maximum Gasteiger partial charge on any atom is 0.413 e. The van der Waals surface area contributed by atoms with Gasteiger partial charge in [-0.15, -0.1) is 0 Å². The van der Waals surface area contributed by atoms with Crippen LogP contribution in [0.25, 0.3) is 22.2 Å². The molecule has 0 aliphatic heterocycles. The number of nitrogens with zero attached hydrogens (tertiary/aromatic N) is 4. The maximum atomic E-state index is 12.5. The minimum Gasteiger partial charge on any atom is -0.496 e. The van der Waals surface area contributed by atoms with Crippen molar-refractivity contribution in [1.82, 2.24) is 19.6 Å². The van der Waals surface area contributed by atoms with Crippen LogP contribution in [0.2, 0.25) is 5.02 Å². The lowest BCUT2D eigenvalue weighted by Crippen LogP contribution is -2.17. The second-order valence-corrected chi connectivity index (χ2v) is 8.10. The zero-order chi connectivity index (χ0) is 22.8. The minimum absolute atomic E-state index is 0.0188. The Labute approximate surface area is 190 Å². The van der Waals surface area contributed by atoms with Crippen molar-refractivity contribution in [3.63, 3.8) is 0 Å². The van der Waals surface area contributed by atoms with E-state index in [0.29, 0.717) is 22.3 Å². The van der Waals surface area contributed by atoms with Crippen LogP contribution < -0.4 is 10.1 Å². The van der Waals surface area contributed by atoms with Crippen molar-refractivity contribution in [2.45, 2.75) is 26.5 Å². The van der Waals surface area contributed by atoms with Crippen LogP contribution in [0.3, 0.4) is 0 Å². The van der Waals surface area contributed by atoms with E-state index in [1.807, 2.05) is 45.2 Å². The van der Waals surface area contributed by atoms with Gasteiger partial charge >= 0.3 is 6.09 Å². The van der Waals surface area contributed by atoms with Crippen molar-refractivity contribution in [2.75, 3.05) is 12.4 Å². The number of ether oxygens (including phenoxy) is 2. The zero-order valence-corrected chi connectivity index (χ0v) is 19.1. The van der Waals surface area contributed by atoms with Gasteiger partial charge in [-0.2, -0.15) is 10.2 Å². The van der Waals surface area contributed by atoms with E-state index in [1.165, 1.54) is 0 Å². The molecule has 0 spiro atoms. The van der Waals surface area contributed by atoms with Crippen LogP contribution in [0.4, 0.5) is 10.6 Å². The summed E-state index contributed by atoms with van der Waals surface area (Å²) in [6, 6.07) is 13.0. The molecule has 9 heteroatoms. The van der Waals surface area contributed by atoms with E-state index in [9.17, 15) is 4.79 Å². The van der Waals surface area contributed by atoms with Crippen molar-refractivity contribution < 1.29 is 14.3 Å². The van der Waals surface area contributed by atoms with E-state index in [1.54, 1.807) is 40.9 Å². The van der Waals surface area contributed by atoms with Gasteiger partial charge in [0.1, 0.15) is 18.2 Å². The minimum atomic E-state index is -0.562. The number of carbonyl (C=O) groups excluding carboxylic acids is 1. The fraction of sp³-hybridized carbons (Fsp3) is 0.261. The third-order valence-electron chi connectivity index (χ3n) is 5.08. The van der Waals surface area contributed by atoms with Gasteiger partial charge in [0.15, 0.2) is 0 Å². The molecule has 0 aliphatic carbocycles. The monoisotopic (exact) mass is 453 g/mol. The first kappa shape index (κ1) is 21.7. The molecule has 1 N–H and O–H groups in total. The second kappa shape index (κ2) is 8.92. The molecule has 0 saturated carbocycles. The van der Waals surface area contributed by atoms with Crippen LogP contribution >= 0.6 is 11.6 Å². The zero-order valence-electron chi connectivity index (χ0n) is 18.3. The predicted molar refractivity (Wildman–Crippen MR) is 124 cm³/mol. The molecule has 32 heavy (non-hydrogen) atoms. The third-order valence-corrected chi connectivity index (χ3v) is 5.31. The van der Waals surface area contributed by atoms with Gasteiger partial charge < -0.3 is 9.47 Å². The van der Waals surface area contributed by atoms with E-state index in [4.69, 9.17) is 21.1 Å². The van der Waals surface area contributed by atoms with Gasteiger partial charge in [-0.25, -0.2) is 9.48 Å². The van der Waals surface area contributed by atoms with Crippen LogP contribution in [0.5, 0.6) is 5.75 Å². The van der Waals surface area contributed by atoms with E-state index >= 15 is 0 Å². The van der Waals surface area contributed by atoms with Crippen LogP contribution in [0.15, 0.2) is 48.7 Å². The van der Waals surface area contributed by atoms with Crippen LogP contribution in [-0.4, -0.2) is 32.8 Å². The highest BCUT2D eigenvalue weighted by molar-refractivity contribution is 6.30. The van der Waals surface area contributed by atoms with Gasteiger partial charge in [-0.05, 0) is 49.7 Å². The lowest BCUT2D eigenvalue weighted by Gasteiger charge is -2.12. The summed E-state index contributed by atoms with van der Waals surface area (Å²) in [7, 11) is 3.46. The highest BCUT2D eigenvalue weighted by Gasteiger charge is 2.17. The molecule has 4 aromatic rings. The Balaban J connectivity index is 1.50. The van der Waals surface area contributed by atoms with Crippen molar-refractivity contribution in [1.29, 1.82) is 0 Å². The topological polar surface area (TPSA) is 83.2 Å². The summed E-state index contributed by atoms with van der Waals surface area (Å²) < 4.78 is 14.4. The van der Waals surface area contributed by atoms with Crippen molar-refractivity contribution in [2.24, 2.45) is 7.05 Å². The van der Waals surface area contributed by atoms with Gasteiger partial charge in [-0.3, -0.25) is 10.00 Å². The first-order valence-electron chi connectivity index (χ1n) is 10.1. The summed E-state index contributed by atoms with van der Waals surface area (Å²) in [6.07, 6.45) is 1.22. The smallest absolute Gasteiger partial charge is 0.413 e. The standard InChI is InChI=1S/C23H24ClN5O3/c1-14(2)29-22(11-19(27-29)18-7-6-17(24)10-21(18)31-4)26-23(30)32-13-15-5-8-20-16(9-15)12-25-28(20)3/h5-12,14H,13H2,1-4H3,(H,26,30). The fourth-order valence-electron chi connectivity index (χ4n) is 3.48. The number of carbonyl (C=O) groups is 1. The molecule has 8 nitrogen and oxygen atoms in total. The number of methoxy groups -OCH3 is 1. The number of hydrogen-bond acceptors (Lipinski definition) is 5. The normalized spacial score (nSPS) is 11.2. The molecule has 1 amide bonds. The van der Waals surface area contributed by atoms with Gasteiger partial charge in [0.25, 0.3) is 0 Å². The summed E-state index contributed by atoms with van der Waals surface area (Å²) in [4.78, 5) is 12.5. The summed E-state index contributed by atoms with van der Waals surface area (Å²) >= 11 is 6.07. The van der Waals surface area contributed by atoms with Gasteiger partial charge in [0, 0.05) is 35.1 Å². The Morgan fingerprint density at radius 3 is 2.75 bits per heavy atom. The molecule has 0 radical (unpaired) electrons. The molecule has 2 aromatic carbocycles. The number of nitrogens with one attached hydrogen (secondary N) is 1. The van der Waals surface area contributed by atoms with Gasteiger partial charge in [0.2, 0.25) is 0 Å². The molecule has 0 bridgehead atoms. The first-order valence-corrected chi connectivity index (χ1v) is 10.5. The first-order chi connectivity index (χ1) is 15.4. The average molecular weight is 454 g/mol. The van der Waals surface area contributed by atoms with Crippen LogP contribution in [0, 0.1) is 0 Å². The number of hydrogen-bond donors (Lipinski definition) is 1. The number of aryl methyl sites for hydroxylation is 1. The Morgan fingerprint density at radius 1 is 1.19 bits per heavy atom. The highest BCUT2D eigenvalue weighted by atomic mass is 35.5. The Hall–Kier alpha value is -3.52. The molecule has 2 aromatic heterocycles. The molecule has 0 saturated heterocycles. The quantitative estimate of drug-likeness (QED) is 0.421. The summed E-state index contributed by atoms with van der Waals surface area (Å²) in [5.74, 6) is 1.13. The van der Waals surface area contributed by atoms with E-state index in [2.05, 4.69) is 15.5 Å². The van der Waals surface area contributed by atoms with Crippen molar-refractivity contribution >= 4 is 34.4 Å². The maximum absolute atomic E-state index is 12.5. The molecule has 0 fully saturated rings. The molecule has 0 unspecified atom stereocenters. The van der Waals surface area contributed by atoms with E-state index in [-0.39, 0.29) is 12.6 Å². The predicted octanol–water partition coefficient (Wildman–Crippen LogP) is 5.43. The largest absolute Gasteiger partial charge is 0.496 e. The van der Waals surface area contributed by atoms with Crippen LogP contribution in [-0.2, 0) is 18.4 Å². The summed E-state index contributed by atoms with van der Waals surface area (Å²) in [5.41, 5.74) is 3.33. The Bertz CT molecular complexity index is 1280. The van der Waals surface area contributed by atoms with Crippen molar-refractivity contribution in [3.8, 4) is 17.0 Å². The van der Waals surface area contributed by atoms with Crippen molar-refractivity contribution in [3.05, 3.63) is 59.2 Å². The highest BCUT2D eigenvalue weighted by Crippen LogP contribution is 2.33. The summed E-state index contributed by atoms with van der Waals surface area (Å²) in [5, 5.41) is 13.2. The van der Waals surface area contributed by atoms with Gasteiger partial charge in [-0.1, -0.05) is 17.7 Å². The number of anilines is 1. The molecule has 0 atom stereocenters. The lowest BCUT2D eigenvalue weighted by molar-refractivity contribution is 0.155. The number of rotatable bonds is 6. The van der Waals surface area contributed by atoms with E-state index in [0.717, 1.165) is 22.0 Å². The Morgan fingerprint density at radius 2 is 2.00 bits per heavy atom. The third kappa shape index (κ3) is 4.40.